The molecule has 0 saturated heterocycles. The molecule has 0 radical (unpaired) electrons. The van der Waals surface area contributed by atoms with Gasteiger partial charge >= 0.3 is 0 Å². The summed E-state index contributed by atoms with van der Waals surface area (Å²) in [7, 11) is 0. The Hall–Kier alpha value is -5.06. The molecule has 2 aliphatic heterocycles. The summed E-state index contributed by atoms with van der Waals surface area (Å²) in [4.78, 5) is 5.33. The van der Waals surface area contributed by atoms with Crippen molar-refractivity contribution in [2.45, 2.75) is 144 Å². The molecule has 3 aliphatic rings. The number of aryl methyl sites for hydroxylation is 2. The third-order valence-corrected chi connectivity index (χ3v) is 16.3. The lowest BCUT2D eigenvalue weighted by Gasteiger charge is -2.47. The monoisotopic (exact) mass is 859 g/mol. The van der Waals surface area contributed by atoms with Gasteiger partial charge in [0.25, 0.3) is 6.71 Å². The lowest BCUT2D eigenvalue weighted by atomic mass is 9.35. The Labute approximate surface area is 388 Å². The van der Waals surface area contributed by atoms with Crippen molar-refractivity contribution in [1.29, 1.82) is 0 Å². The average molecular weight is 859 g/mol. The highest BCUT2D eigenvalue weighted by molar-refractivity contribution is 7.33. The minimum atomic E-state index is 0.00535. The Bertz CT molecular complexity index is 3010. The van der Waals surface area contributed by atoms with E-state index in [-0.39, 0.29) is 33.8 Å². The van der Waals surface area contributed by atoms with Crippen LogP contribution in [0.4, 0.5) is 34.1 Å². The third-order valence-electron chi connectivity index (χ3n) is 15.1. The molecule has 0 saturated carbocycles. The van der Waals surface area contributed by atoms with Gasteiger partial charge in [-0.2, -0.15) is 0 Å². The second-order valence-electron chi connectivity index (χ2n) is 24.0. The van der Waals surface area contributed by atoms with E-state index >= 15 is 0 Å². The Morgan fingerprint density at radius 1 is 0.516 bits per heavy atom. The molecule has 4 heteroatoms. The van der Waals surface area contributed by atoms with E-state index in [0.717, 1.165) is 0 Å². The number of hydrogen-bond donors (Lipinski definition) is 0. The summed E-state index contributed by atoms with van der Waals surface area (Å²) in [5, 5.41) is 1.35. The summed E-state index contributed by atoms with van der Waals surface area (Å²) in [5.41, 5.74) is 22.9. The van der Waals surface area contributed by atoms with Gasteiger partial charge in [-0.15, -0.1) is 11.3 Å². The van der Waals surface area contributed by atoms with Gasteiger partial charge in [-0.05, 0) is 158 Å². The molecule has 0 unspecified atom stereocenters. The first-order valence-corrected chi connectivity index (χ1v) is 24.6. The van der Waals surface area contributed by atoms with Gasteiger partial charge in [-0.3, -0.25) is 0 Å². The Balaban J connectivity index is 1.33. The fourth-order valence-corrected chi connectivity index (χ4v) is 12.3. The van der Waals surface area contributed by atoms with Crippen LogP contribution in [0.5, 0.6) is 0 Å². The van der Waals surface area contributed by atoms with Crippen LogP contribution < -0.4 is 25.5 Å². The highest BCUT2D eigenvalue weighted by Gasteiger charge is 2.48. The maximum absolute atomic E-state index is 2.69. The molecule has 64 heavy (non-hydrogen) atoms. The van der Waals surface area contributed by atoms with Gasteiger partial charge in [0.15, 0.2) is 0 Å². The SMILES string of the molecule is Cc1ccc(-c2ccc(C(C)(C)C)cc2)c(N2c3cc(C)cc4c3B(c3cc5c(cc3N4c3ccc(C(C)(C)C)cc3)C(C)(C)CCC5(C)C)c3sc4ccc(C(C)(C)C)cc4c32)c1. The number of hydrogen-bond acceptors (Lipinski definition) is 3. The highest BCUT2D eigenvalue weighted by Crippen LogP contribution is 2.53. The Morgan fingerprint density at radius 3 is 1.64 bits per heavy atom. The Morgan fingerprint density at radius 2 is 1.05 bits per heavy atom. The number of fused-ring (bicyclic) bond motifs is 7. The van der Waals surface area contributed by atoms with Gasteiger partial charge in [0.05, 0.1) is 11.4 Å². The topological polar surface area (TPSA) is 6.48 Å². The predicted molar refractivity (Wildman–Crippen MR) is 282 cm³/mol. The average Bonchev–Trinajstić information content (AvgIpc) is 3.60. The summed E-state index contributed by atoms with van der Waals surface area (Å²) in [6.45, 7) is 35.4. The highest BCUT2D eigenvalue weighted by atomic mass is 32.1. The predicted octanol–water partition coefficient (Wildman–Crippen LogP) is 15.5. The molecule has 10 rings (SSSR count). The molecule has 0 N–H and O–H groups in total. The second kappa shape index (κ2) is 14.2. The summed E-state index contributed by atoms with van der Waals surface area (Å²) >= 11 is 2.01. The molecule has 6 aromatic carbocycles. The fraction of sp³-hybridized carbons (Fsp3) is 0.367. The van der Waals surface area contributed by atoms with E-state index in [4.69, 9.17) is 0 Å². The van der Waals surface area contributed by atoms with E-state index in [2.05, 4.69) is 223 Å². The number of benzene rings is 6. The van der Waals surface area contributed by atoms with Gasteiger partial charge in [0.2, 0.25) is 0 Å². The van der Waals surface area contributed by atoms with Crippen molar-refractivity contribution >= 4 is 78.0 Å². The quantitative estimate of drug-likeness (QED) is 0.163. The van der Waals surface area contributed by atoms with Crippen molar-refractivity contribution in [3.63, 3.8) is 0 Å². The van der Waals surface area contributed by atoms with E-state index in [9.17, 15) is 0 Å². The van der Waals surface area contributed by atoms with Crippen molar-refractivity contribution in [2.24, 2.45) is 0 Å². The number of anilines is 6. The van der Waals surface area contributed by atoms with E-state index in [0.29, 0.717) is 0 Å². The maximum atomic E-state index is 2.69. The zero-order valence-corrected chi connectivity index (χ0v) is 42.0. The molecule has 0 fully saturated rings. The first-order valence-electron chi connectivity index (χ1n) is 23.8. The van der Waals surface area contributed by atoms with E-state index in [1.54, 1.807) is 0 Å². The van der Waals surface area contributed by atoms with Crippen molar-refractivity contribution in [2.75, 3.05) is 9.80 Å². The summed E-state index contributed by atoms with van der Waals surface area (Å²) < 4.78 is 2.78. The van der Waals surface area contributed by atoms with Crippen LogP contribution in [0.2, 0.25) is 0 Å². The van der Waals surface area contributed by atoms with Crippen LogP contribution in [0.25, 0.3) is 21.2 Å². The maximum Gasteiger partial charge on any atom is 0.264 e. The zero-order chi connectivity index (χ0) is 45.6. The summed E-state index contributed by atoms with van der Waals surface area (Å²) in [5.74, 6) is 0. The van der Waals surface area contributed by atoms with Gasteiger partial charge in [0, 0.05) is 43.2 Å². The van der Waals surface area contributed by atoms with Crippen LogP contribution in [-0.2, 0) is 27.1 Å². The number of thiophene rings is 1. The molecule has 3 heterocycles. The molecule has 0 bridgehead atoms. The minimum absolute atomic E-state index is 0.00535. The van der Waals surface area contributed by atoms with Crippen LogP contribution >= 0.6 is 11.3 Å². The zero-order valence-electron chi connectivity index (χ0n) is 41.2. The Kier molecular flexibility index (Phi) is 9.53. The van der Waals surface area contributed by atoms with Crippen LogP contribution in [0.1, 0.15) is 142 Å². The van der Waals surface area contributed by atoms with Gasteiger partial charge in [-0.1, -0.05) is 151 Å². The van der Waals surface area contributed by atoms with Crippen LogP contribution in [-0.4, -0.2) is 6.71 Å². The summed E-state index contributed by atoms with van der Waals surface area (Å²) in [6.07, 6.45) is 2.36. The molecule has 326 valence electrons. The second-order valence-corrected chi connectivity index (χ2v) is 25.0. The van der Waals surface area contributed by atoms with E-state index in [1.165, 1.54) is 123 Å². The van der Waals surface area contributed by atoms with Gasteiger partial charge in [-0.25, -0.2) is 0 Å². The molecule has 1 aliphatic carbocycles. The molecule has 7 aromatic rings. The first-order chi connectivity index (χ1) is 29.9. The molecule has 0 spiro atoms. The largest absolute Gasteiger partial charge is 0.311 e. The lowest BCUT2D eigenvalue weighted by Crippen LogP contribution is -2.61. The molecular weight excluding hydrogens is 792 g/mol. The summed E-state index contributed by atoms with van der Waals surface area (Å²) in [6, 6.07) is 43.6. The van der Waals surface area contributed by atoms with Gasteiger partial charge in [0.1, 0.15) is 0 Å². The van der Waals surface area contributed by atoms with Crippen LogP contribution in [0, 0.1) is 13.8 Å². The molecular formula is C60H67BN2S. The van der Waals surface area contributed by atoms with Gasteiger partial charge < -0.3 is 9.80 Å². The fourth-order valence-electron chi connectivity index (χ4n) is 11.0. The standard InChI is InChI=1S/C60H67BN2S/c1-36-16-26-43(38-17-19-39(20-18-38)56(3,4)5)48(30-36)63-51-32-37(2)31-50-53(51)61(55-54(63)44-33-41(58(9,10)11)23-27-52(44)64-55)47-34-45-46(60(14,15)29-28-59(45,12)13)35-49(47)62(50)42-24-21-40(22-25-42)57(6,7)8/h16-27,30-35H,28-29H2,1-15H3. The smallest absolute Gasteiger partial charge is 0.264 e. The normalized spacial score (nSPS) is 16.4. The molecule has 1 aromatic heterocycles. The van der Waals surface area contributed by atoms with Crippen molar-refractivity contribution in [1.82, 2.24) is 0 Å². The molecule has 0 atom stereocenters. The third kappa shape index (κ3) is 6.80. The van der Waals surface area contributed by atoms with E-state index in [1.807, 2.05) is 11.3 Å². The first kappa shape index (κ1) is 42.9. The number of nitrogens with zero attached hydrogens (tertiary/aromatic N) is 2. The molecule has 0 amide bonds. The van der Waals surface area contributed by atoms with Crippen molar-refractivity contribution in [3.8, 4) is 11.1 Å². The molecule has 2 nitrogen and oxygen atoms in total. The van der Waals surface area contributed by atoms with Crippen LogP contribution in [0.15, 0.2) is 109 Å². The number of rotatable bonds is 3. The van der Waals surface area contributed by atoms with Crippen LogP contribution in [0.3, 0.4) is 0 Å². The van der Waals surface area contributed by atoms with E-state index < -0.39 is 0 Å². The lowest BCUT2D eigenvalue weighted by molar-refractivity contribution is 0.332. The van der Waals surface area contributed by atoms with Crippen molar-refractivity contribution in [3.05, 3.63) is 148 Å². The van der Waals surface area contributed by atoms with Crippen molar-refractivity contribution < 1.29 is 0 Å². The minimum Gasteiger partial charge on any atom is -0.311 e.